The molecule has 0 amide bonds. The van der Waals surface area contributed by atoms with Crippen molar-refractivity contribution in [1.29, 1.82) is 0 Å². The van der Waals surface area contributed by atoms with Gasteiger partial charge in [-0.25, -0.2) is 4.79 Å². The maximum Gasteiger partial charge on any atom is 0.345 e. The van der Waals surface area contributed by atoms with E-state index >= 15 is 0 Å². The van der Waals surface area contributed by atoms with Crippen LogP contribution in [0.15, 0.2) is 69.8 Å². The van der Waals surface area contributed by atoms with E-state index in [1.54, 1.807) is 0 Å². The van der Waals surface area contributed by atoms with E-state index in [1.807, 2.05) is 24.3 Å². The van der Waals surface area contributed by atoms with E-state index in [0.717, 1.165) is 27.9 Å². The van der Waals surface area contributed by atoms with Crippen molar-refractivity contribution in [3.63, 3.8) is 0 Å². The van der Waals surface area contributed by atoms with Crippen molar-refractivity contribution in [2.45, 2.75) is 32.8 Å². The third kappa shape index (κ3) is 2.26. The maximum absolute atomic E-state index is 12.8. The standard InChI is InChI=1S/C20H20O2P2S2/c1-13-9-23(25,10-14(13)2)20(24(26)11-15(3)16(4)12-24)18-8-6-5-7-17(18)19(21)22-20/h5-12H,1-4H3. The molecule has 0 fully saturated rings. The van der Waals surface area contributed by atoms with Gasteiger partial charge in [0.15, 0.2) is 0 Å². The molecule has 0 bridgehead atoms. The summed E-state index contributed by atoms with van der Waals surface area (Å²) in [5, 5.41) is -0.948. The van der Waals surface area contributed by atoms with Crippen LogP contribution >= 0.6 is 12.9 Å². The molecule has 0 saturated heterocycles. The Labute approximate surface area is 166 Å². The average Bonchev–Trinajstić information content (AvgIpc) is 3.13. The number of fused-ring (bicyclic) bond motifs is 1. The molecular weight excluding hydrogens is 398 g/mol. The molecule has 0 radical (unpaired) electrons. The number of hydrogen-bond donors (Lipinski definition) is 0. The predicted octanol–water partition coefficient (Wildman–Crippen LogP) is 6.57. The molecule has 0 spiro atoms. The molecule has 134 valence electrons. The molecule has 1 aromatic carbocycles. The van der Waals surface area contributed by atoms with E-state index < -0.39 is 18.0 Å². The molecule has 1 aromatic rings. The fourth-order valence-electron chi connectivity index (χ4n) is 3.93. The summed E-state index contributed by atoms with van der Waals surface area (Å²) in [5.41, 5.74) is 6.13. The summed E-state index contributed by atoms with van der Waals surface area (Å²) in [6, 6.07) is 7.63. The van der Waals surface area contributed by atoms with Crippen molar-refractivity contribution in [3.8, 4) is 0 Å². The number of rotatable bonds is 2. The van der Waals surface area contributed by atoms with Gasteiger partial charge in [-0.05, 0) is 62.1 Å². The summed E-state index contributed by atoms with van der Waals surface area (Å²) in [7, 11) is 0. The van der Waals surface area contributed by atoms with Crippen LogP contribution < -0.4 is 0 Å². The van der Waals surface area contributed by atoms with E-state index in [4.69, 9.17) is 29.2 Å². The van der Waals surface area contributed by atoms with Crippen LogP contribution in [0, 0.1) is 0 Å². The van der Waals surface area contributed by atoms with Crippen molar-refractivity contribution < 1.29 is 9.53 Å². The Morgan fingerprint density at radius 2 is 1.23 bits per heavy atom. The van der Waals surface area contributed by atoms with Gasteiger partial charge in [0.1, 0.15) is 0 Å². The third-order valence-electron chi connectivity index (χ3n) is 5.47. The van der Waals surface area contributed by atoms with E-state index in [2.05, 4.69) is 51.0 Å². The number of cyclic esters (lactones) is 1. The Morgan fingerprint density at radius 1 is 0.808 bits per heavy atom. The van der Waals surface area contributed by atoms with Crippen LogP contribution in [0.25, 0.3) is 0 Å². The SMILES string of the molecule is CC1=C[P+]([S-])(C2([P+]3([S-])C=C(C)C(C)=C3)OC(=O)c3ccccc32)C=C1C. The quantitative estimate of drug-likeness (QED) is 0.308. The molecule has 0 atom stereocenters. The largest absolute Gasteiger partial charge is 0.538 e. The molecule has 3 aliphatic rings. The predicted molar refractivity (Wildman–Crippen MR) is 117 cm³/mol. The molecule has 0 unspecified atom stereocenters. The summed E-state index contributed by atoms with van der Waals surface area (Å²) < 4.78 is 6.26. The molecule has 3 heterocycles. The second-order valence-electron chi connectivity index (χ2n) is 7.21. The lowest BCUT2D eigenvalue weighted by atomic mass is 10.1. The van der Waals surface area contributed by atoms with Gasteiger partial charge in [-0.1, -0.05) is 12.1 Å². The lowest BCUT2D eigenvalue weighted by Crippen LogP contribution is -2.28. The molecule has 2 nitrogen and oxygen atoms in total. The highest BCUT2D eigenvalue weighted by molar-refractivity contribution is 8.54. The summed E-state index contributed by atoms with van der Waals surface area (Å²) in [6.45, 7) is 3.53. The zero-order chi connectivity index (χ0) is 18.9. The Bertz CT molecular complexity index is 890. The van der Waals surface area contributed by atoms with Gasteiger partial charge in [-0.2, -0.15) is 0 Å². The van der Waals surface area contributed by atoms with Gasteiger partial charge >= 0.3 is 11.1 Å². The zero-order valence-electron chi connectivity index (χ0n) is 15.1. The van der Waals surface area contributed by atoms with Gasteiger partial charge in [0.2, 0.25) is 0 Å². The number of benzene rings is 1. The topological polar surface area (TPSA) is 26.3 Å². The van der Waals surface area contributed by atoms with E-state index in [-0.39, 0.29) is 5.97 Å². The first-order valence-electron chi connectivity index (χ1n) is 8.44. The highest BCUT2D eigenvalue weighted by atomic mass is 32.7. The van der Waals surface area contributed by atoms with Gasteiger partial charge in [0, 0.05) is 12.9 Å². The maximum atomic E-state index is 12.8. The number of allylic oxidation sites excluding steroid dienone is 4. The molecule has 0 N–H and O–H groups in total. The average molecular weight is 418 g/mol. The van der Waals surface area contributed by atoms with Crippen LogP contribution in [-0.2, 0) is 34.3 Å². The number of esters is 1. The number of carbonyl (C=O) groups is 1. The first-order chi connectivity index (χ1) is 12.1. The summed E-state index contributed by atoms with van der Waals surface area (Å²) in [4.78, 5) is 12.8. The highest BCUT2D eigenvalue weighted by Crippen LogP contribution is 2.95. The molecule has 0 aromatic heterocycles. The van der Waals surface area contributed by atoms with Crippen molar-refractivity contribution in [2.75, 3.05) is 0 Å². The van der Waals surface area contributed by atoms with E-state index in [1.165, 1.54) is 0 Å². The number of ether oxygens (including phenoxy) is 1. The minimum atomic E-state index is -2.38. The highest BCUT2D eigenvalue weighted by Gasteiger charge is 2.70. The van der Waals surface area contributed by atoms with Gasteiger partial charge in [-0.15, -0.1) is 0 Å². The second kappa shape index (κ2) is 5.85. The Hall–Kier alpha value is -0.790. The molecular formula is C20H20O2P2S2. The molecule has 6 heteroatoms. The molecule has 0 saturated carbocycles. The molecule has 4 rings (SSSR count). The van der Waals surface area contributed by atoms with Crippen molar-refractivity contribution in [1.82, 2.24) is 0 Å². The summed E-state index contributed by atoms with van der Waals surface area (Å²) in [5.74, 6) is 8.33. The summed E-state index contributed by atoms with van der Waals surface area (Å²) >= 11 is 12.6. The lowest BCUT2D eigenvalue weighted by Gasteiger charge is -2.47. The smallest absolute Gasteiger partial charge is 0.345 e. The number of carbonyl (C=O) groups excluding carboxylic acids is 1. The van der Waals surface area contributed by atoms with Crippen LogP contribution in [0.4, 0.5) is 0 Å². The van der Waals surface area contributed by atoms with Crippen molar-refractivity contribution in [2.24, 2.45) is 0 Å². The van der Waals surface area contributed by atoms with Gasteiger partial charge in [0.05, 0.1) is 34.4 Å². The normalized spacial score (nSPS) is 24.5. The number of hydrogen-bond acceptors (Lipinski definition) is 4. The Balaban J connectivity index is 2.09. The minimum absolute atomic E-state index is 0.304. The second-order valence-corrected chi connectivity index (χ2v) is 16.3. The minimum Gasteiger partial charge on any atom is -0.538 e. The van der Waals surface area contributed by atoms with Crippen molar-refractivity contribution in [3.05, 3.63) is 81.0 Å². The van der Waals surface area contributed by atoms with Crippen LogP contribution in [0.3, 0.4) is 0 Å². The van der Waals surface area contributed by atoms with Crippen molar-refractivity contribution >= 4 is 43.4 Å². The first-order valence-corrected chi connectivity index (χ1v) is 14.3. The Kier molecular flexibility index (Phi) is 4.18. The monoisotopic (exact) mass is 418 g/mol. The Morgan fingerprint density at radius 3 is 1.69 bits per heavy atom. The zero-order valence-corrected chi connectivity index (χ0v) is 18.6. The van der Waals surface area contributed by atoms with Gasteiger partial charge in [0.25, 0.3) is 0 Å². The fourth-order valence-corrected chi connectivity index (χ4v) is 17.7. The molecule has 3 aliphatic heterocycles. The van der Waals surface area contributed by atoms with E-state index in [9.17, 15) is 4.79 Å². The van der Waals surface area contributed by atoms with E-state index in [0.29, 0.717) is 5.56 Å². The molecule has 0 aliphatic carbocycles. The van der Waals surface area contributed by atoms with Crippen LogP contribution in [-0.4, -0.2) is 5.97 Å². The summed E-state index contributed by atoms with van der Waals surface area (Å²) in [6.07, 6.45) is 0. The van der Waals surface area contributed by atoms with Gasteiger partial charge in [-0.3, -0.25) is 0 Å². The van der Waals surface area contributed by atoms with Crippen LogP contribution in [0.1, 0.15) is 43.6 Å². The van der Waals surface area contributed by atoms with Crippen LogP contribution in [0.5, 0.6) is 0 Å². The van der Waals surface area contributed by atoms with Crippen LogP contribution in [0.2, 0.25) is 0 Å². The molecule has 26 heavy (non-hydrogen) atoms. The lowest BCUT2D eigenvalue weighted by molar-refractivity contribution is 0.0455. The fraction of sp³-hybridized carbons (Fsp3) is 0.250. The first kappa shape index (κ1) is 18.6. The van der Waals surface area contributed by atoms with Gasteiger partial charge < -0.3 is 29.2 Å². The third-order valence-corrected chi connectivity index (χ3v) is 16.7.